The quantitative estimate of drug-likeness (QED) is 0.563. The van der Waals surface area contributed by atoms with Crippen molar-refractivity contribution in [3.63, 3.8) is 0 Å². The number of aromatic nitrogens is 2. The topological polar surface area (TPSA) is 53.4 Å². The Morgan fingerprint density at radius 3 is 2.29 bits per heavy atom. The van der Waals surface area contributed by atoms with E-state index in [0.717, 1.165) is 10.4 Å². The van der Waals surface area contributed by atoms with Crippen LogP contribution in [0.4, 0.5) is 29.1 Å². The van der Waals surface area contributed by atoms with Crippen molar-refractivity contribution in [1.82, 2.24) is 14.7 Å². The van der Waals surface area contributed by atoms with Gasteiger partial charge in [-0.25, -0.2) is 9.07 Å². The minimum Gasteiger partial charge on any atom is -0.368 e. The summed E-state index contributed by atoms with van der Waals surface area (Å²) in [5.74, 6) is -0.734. The van der Waals surface area contributed by atoms with E-state index < -0.39 is 30.0 Å². The fourth-order valence-electron chi connectivity index (χ4n) is 4.56. The van der Waals surface area contributed by atoms with Crippen molar-refractivity contribution in [2.45, 2.75) is 24.7 Å². The number of alkyl halides is 3. The number of fused-ring (bicyclic) bond motifs is 1. The molecule has 2 unspecified atom stereocenters. The van der Waals surface area contributed by atoms with Crippen LogP contribution in [0.1, 0.15) is 34.6 Å². The number of nitrogens with one attached hydrogen (secondary N) is 1. The molecule has 2 aliphatic heterocycles. The number of hydrogen-bond donors (Lipinski definition) is 1. The molecule has 0 spiro atoms. The van der Waals surface area contributed by atoms with E-state index in [2.05, 4.69) is 15.3 Å². The van der Waals surface area contributed by atoms with Gasteiger partial charge in [0.15, 0.2) is 11.7 Å². The molecule has 0 aliphatic carbocycles. The third-order valence-electron chi connectivity index (χ3n) is 6.37. The molecule has 1 saturated heterocycles. The Balaban J connectivity index is 1.35. The fourth-order valence-corrected chi connectivity index (χ4v) is 4.56. The second-order valence-corrected chi connectivity index (χ2v) is 8.52. The lowest BCUT2D eigenvalue weighted by molar-refractivity contribution is -0.173. The van der Waals surface area contributed by atoms with Crippen molar-refractivity contribution in [2.24, 2.45) is 0 Å². The van der Waals surface area contributed by atoms with Gasteiger partial charge in [0, 0.05) is 44.4 Å². The minimum absolute atomic E-state index is 0.0235. The molecule has 10 heteroatoms. The van der Waals surface area contributed by atoms with Crippen LogP contribution in [-0.2, 0) is 0 Å². The smallest absolute Gasteiger partial charge is 0.368 e. The van der Waals surface area contributed by atoms with Gasteiger partial charge in [-0.05, 0) is 29.8 Å². The molecule has 3 heterocycles. The average molecular weight is 473 g/mol. The number of hydrogen-bond acceptors (Lipinski definition) is 4. The predicted molar refractivity (Wildman–Crippen MR) is 119 cm³/mol. The number of benzene rings is 2. The molecule has 0 bridgehead atoms. The average Bonchev–Trinajstić information content (AvgIpc) is 3.27. The Kier molecular flexibility index (Phi) is 5.66. The molecule has 1 N–H and O–H groups in total. The van der Waals surface area contributed by atoms with Crippen molar-refractivity contribution >= 4 is 17.4 Å². The lowest BCUT2D eigenvalue weighted by atomic mass is 9.97. The molecule has 0 radical (unpaired) electrons. The van der Waals surface area contributed by atoms with Gasteiger partial charge in [0.2, 0.25) is 0 Å². The summed E-state index contributed by atoms with van der Waals surface area (Å²) in [6.07, 6.45) is -4.87. The molecule has 2 aromatic carbocycles. The summed E-state index contributed by atoms with van der Waals surface area (Å²) in [5, 5.41) is 7.10. The zero-order chi connectivity index (χ0) is 23.9. The van der Waals surface area contributed by atoms with E-state index in [1.807, 2.05) is 30.3 Å². The van der Waals surface area contributed by atoms with Gasteiger partial charge in [-0.3, -0.25) is 4.79 Å². The Morgan fingerprint density at radius 1 is 0.971 bits per heavy atom. The number of carbonyl (C=O) groups is 1. The summed E-state index contributed by atoms with van der Waals surface area (Å²) in [5.41, 5.74) is 1.58. The van der Waals surface area contributed by atoms with Crippen LogP contribution >= 0.6 is 0 Å². The summed E-state index contributed by atoms with van der Waals surface area (Å²) in [7, 11) is 0. The Labute approximate surface area is 193 Å². The summed E-state index contributed by atoms with van der Waals surface area (Å²) in [4.78, 5) is 16.9. The number of para-hydroxylation sites is 1. The number of rotatable bonds is 3. The molecule has 2 atom stereocenters. The largest absolute Gasteiger partial charge is 0.410 e. The van der Waals surface area contributed by atoms with E-state index in [1.54, 1.807) is 4.90 Å². The van der Waals surface area contributed by atoms with Crippen LogP contribution in [0.15, 0.2) is 60.7 Å². The third kappa shape index (κ3) is 4.32. The van der Waals surface area contributed by atoms with Gasteiger partial charge < -0.3 is 15.1 Å². The van der Waals surface area contributed by atoms with E-state index in [0.29, 0.717) is 31.7 Å². The van der Waals surface area contributed by atoms with Crippen LogP contribution in [0.5, 0.6) is 0 Å². The molecule has 6 nitrogen and oxygen atoms in total. The maximum absolute atomic E-state index is 13.9. The second kappa shape index (κ2) is 8.66. The highest BCUT2D eigenvalue weighted by Crippen LogP contribution is 2.43. The van der Waals surface area contributed by atoms with Gasteiger partial charge in [-0.15, -0.1) is 0 Å². The Morgan fingerprint density at radius 2 is 1.65 bits per heavy atom. The van der Waals surface area contributed by atoms with Crippen molar-refractivity contribution < 1.29 is 22.4 Å². The van der Waals surface area contributed by atoms with Gasteiger partial charge in [0.1, 0.15) is 11.6 Å². The minimum atomic E-state index is -4.55. The van der Waals surface area contributed by atoms with Gasteiger partial charge in [-0.1, -0.05) is 30.3 Å². The molecule has 1 amide bonds. The lowest BCUT2D eigenvalue weighted by Crippen LogP contribution is -2.49. The van der Waals surface area contributed by atoms with Gasteiger partial charge in [-0.2, -0.15) is 18.3 Å². The summed E-state index contributed by atoms with van der Waals surface area (Å²) < 4.78 is 55.8. The van der Waals surface area contributed by atoms with Crippen LogP contribution in [-0.4, -0.2) is 52.9 Å². The molecule has 3 aromatic rings. The van der Waals surface area contributed by atoms with Crippen LogP contribution < -0.4 is 10.2 Å². The third-order valence-corrected chi connectivity index (χ3v) is 6.37. The number of piperazine rings is 1. The van der Waals surface area contributed by atoms with E-state index >= 15 is 0 Å². The van der Waals surface area contributed by atoms with Gasteiger partial charge in [0.05, 0.1) is 6.04 Å². The van der Waals surface area contributed by atoms with Gasteiger partial charge in [0.25, 0.3) is 5.91 Å². The zero-order valence-corrected chi connectivity index (χ0v) is 18.2. The van der Waals surface area contributed by atoms with Crippen molar-refractivity contribution in [1.29, 1.82) is 0 Å². The number of halogens is 4. The molecule has 2 aliphatic rings. The summed E-state index contributed by atoms with van der Waals surface area (Å²) >= 11 is 0. The first-order valence-corrected chi connectivity index (χ1v) is 11.1. The maximum atomic E-state index is 13.9. The highest BCUT2D eigenvalue weighted by molar-refractivity contribution is 5.93. The fraction of sp³-hybridized carbons (Fsp3) is 0.333. The molecule has 34 heavy (non-hydrogen) atoms. The normalized spacial score (nSPS) is 20.6. The van der Waals surface area contributed by atoms with Crippen molar-refractivity contribution in [3.05, 3.63) is 77.7 Å². The maximum Gasteiger partial charge on any atom is 0.410 e. The van der Waals surface area contributed by atoms with Crippen LogP contribution in [0.25, 0.3) is 0 Å². The van der Waals surface area contributed by atoms with Crippen molar-refractivity contribution in [3.8, 4) is 0 Å². The SMILES string of the molecule is O=C(c1cc2n(n1)C(C(F)(F)F)CC(c1ccc(F)cc1)N2)N1CCN(c2ccccc2)CC1. The Hall–Kier alpha value is -3.56. The number of carbonyl (C=O) groups excluding carboxylic acids is 1. The van der Waals surface area contributed by atoms with Crippen LogP contribution in [0.2, 0.25) is 0 Å². The number of anilines is 2. The molecular weight excluding hydrogens is 450 g/mol. The zero-order valence-electron chi connectivity index (χ0n) is 18.2. The first kappa shape index (κ1) is 22.2. The standard InChI is InChI=1S/C24H23F4N5O/c25-17-8-6-16(7-9-17)19-14-21(24(26,27)28)33-22(29-19)15-20(30-33)23(34)32-12-10-31(11-13-32)18-4-2-1-3-5-18/h1-9,15,19,21,29H,10-14H2. The predicted octanol–water partition coefficient (Wildman–Crippen LogP) is 4.64. The van der Waals surface area contributed by atoms with E-state index in [9.17, 15) is 22.4 Å². The molecule has 178 valence electrons. The van der Waals surface area contributed by atoms with E-state index in [4.69, 9.17) is 0 Å². The second-order valence-electron chi connectivity index (χ2n) is 8.52. The van der Waals surface area contributed by atoms with Gasteiger partial charge >= 0.3 is 6.18 Å². The van der Waals surface area contributed by atoms with E-state index in [1.165, 1.54) is 30.3 Å². The first-order chi connectivity index (χ1) is 16.3. The van der Waals surface area contributed by atoms with Crippen LogP contribution in [0, 0.1) is 5.82 Å². The monoisotopic (exact) mass is 473 g/mol. The van der Waals surface area contributed by atoms with E-state index in [-0.39, 0.29) is 17.9 Å². The first-order valence-electron chi connectivity index (χ1n) is 11.1. The molecule has 1 fully saturated rings. The number of amides is 1. The lowest BCUT2D eigenvalue weighted by Gasteiger charge is -2.35. The molecule has 0 saturated carbocycles. The summed E-state index contributed by atoms with van der Waals surface area (Å²) in [6, 6.07) is 14.0. The van der Waals surface area contributed by atoms with Crippen molar-refractivity contribution in [2.75, 3.05) is 36.4 Å². The molecule has 1 aromatic heterocycles. The number of nitrogens with zero attached hydrogens (tertiary/aromatic N) is 4. The molecule has 5 rings (SSSR count). The molecular formula is C24H23F4N5O. The summed E-state index contributed by atoms with van der Waals surface area (Å²) in [6.45, 7) is 2.15. The highest BCUT2D eigenvalue weighted by atomic mass is 19.4. The van der Waals surface area contributed by atoms with Crippen LogP contribution in [0.3, 0.4) is 0 Å². The Bertz CT molecular complexity index is 1150. The highest BCUT2D eigenvalue weighted by Gasteiger charge is 2.47.